The molecule has 0 radical (unpaired) electrons. The second kappa shape index (κ2) is 4.98. The molecule has 2 aliphatic rings. The van der Waals surface area contributed by atoms with E-state index in [4.69, 9.17) is 0 Å². The molecule has 0 aromatic rings. The summed E-state index contributed by atoms with van der Waals surface area (Å²) >= 11 is 0. The fraction of sp³-hybridized carbons (Fsp3) is 0.250. The summed E-state index contributed by atoms with van der Waals surface area (Å²) in [6, 6.07) is 0. The summed E-state index contributed by atoms with van der Waals surface area (Å²) in [4.78, 5) is 0. The van der Waals surface area contributed by atoms with Crippen LogP contribution in [-0.4, -0.2) is 0 Å². The Morgan fingerprint density at radius 2 is 1.00 bits per heavy atom. The van der Waals surface area contributed by atoms with Gasteiger partial charge >= 0.3 is 0 Å². The first-order valence-corrected chi connectivity index (χ1v) is 5.83. The fourth-order valence-electron chi connectivity index (χ4n) is 1.96. The molecule has 0 amide bonds. The number of rotatable bonds is 3. The van der Waals surface area contributed by atoms with Crippen molar-refractivity contribution in [1.82, 2.24) is 0 Å². The summed E-state index contributed by atoms with van der Waals surface area (Å²) in [5.41, 5.74) is 2.74. The number of allylic oxidation sites excluding steroid dienone is 12. The molecule has 0 aromatic heterocycles. The van der Waals surface area contributed by atoms with E-state index in [0.717, 1.165) is 0 Å². The highest BCUT2D eigenvalue weighted by molar-refractivity contribution is 5.35. The largest absolute Gasteiger partial charge is 0.0738 e. The third kappa shape index (κ3) is 2.73. The predicted molar refractivity (Wildman–Crippen MR) is 71.1 cm³/mol. The van der Waals surface area contributed by atoms with Gasteiger partial charge in [0.05, 0.1) is 0 Å². The van der Waals surface area contributed by atoms with Crippen molar-refractivity contribution in [3.63, 3.8) is 0 Å². The van der Waals surface area contributed by atoms with Crippen LogP contribution in [0.15, 0.2) is 71.9 Å². The molecule has 0 aliphatic heterocycles. The molecule has 0 atom stereocenters. The minimum atomic E-state index is 0.484. The first kappa shape index (κ1) is 10.9. The van der Waals surface area contributed by atoms with Crippen LogP contribution in [0.25, 0.3) is 0 Å². The van der Waals surface area contributed by atoms with Crippen LogP contribution in [0.3, 0.4) is 0 Å². The van der Waals surface area contributed by atoms with E-state index in [0.29, 0.717) is 11.8 Å². The average Bonchev–Trinajstić information content (AvgIpc) is 2.90. The van der Waals surface area contributed by atoms with Gasteiger partial charge in [-0.3, -0.25) is 0 Å². The highest BCUT2D eigenvalue weighted by atomic mass is 14.1. The van der Waals surface area contributed by atoms with Gasteiger partial charge in [-0.15, -0.1) is 0 Å². The zero-order valence-electron chi connectivity index (χ0n) is 9.93. The highest BCUT2D eigenvalue weighted by Crippen LogP contribution is 2.20. The van der Waals surface area contributed by atoms with Gasteiger partial charge in [0.15, 0.2) is 0 Å². The van der Waals surface area contributed by atoms with Crippen molar-refractivity contribution in [2.24, 2.45) is 11.8 Å². The maximum atomic E-state index is 2.31. The van der Waals surface area contributed by atoms with E-state index < -0.39 is 0 Å². The fourth-order valence-corrected chi connectivity index (χ4v) is 1.96. The third-order valence-corrected chi connectivity index (χ3v) is 3.06. The first-order chi connectivity index (χ1) is 7.75. The SMILES string of the molecule is CC(=CC1C=CC=C1)C(C)=CC1C=CC=C1. The second-order valence-electron chi connectivity index (χ2n) is 4.39. The van der Waals surface area contributed by atoms with Crippen LogP contribution >= 0.6 is 0 Å². The second-order valence-corrected chi connectivity index (χ2v) is 4.39. The molecule has 0 spiro atoms. The van der Waals surface area contributed by atoms with Gasteiger partial charge in [0.1, 0.15) is 0 Å². The molecule has 0 heterocycles. The van der Waals surface area contributed by atoms with E-state index in [1.807, 2.05) is 0 Å². The first-order valence-electron chi connectivity index (χ1n) is 5.83. The lowest BCUT2D eigenvalue weighted by atomic mass is 9.99. The Labute approximate surface area is 98.1 Å². The lowest BCUT2D eigenvalue weighted by Crippen LogP contribution is -1.90. The van der Waals surface area contributed by atoms with Crippen LogP contribution < -0.4 is 0 Å². The molecule has 2 rings (SSSR count). The Kier molecular flexibility index (Phi) is 3.40. The zero-order chi connectivity index (χ0) is 11.4. The summed E-state index contributed by atoms with van der Waals surface area (Å²) < 4.78 is 0. The Hall–Kier alpha value is -1.56. The maximum Gasteiger partial charge on any atom is 0.0139 e. The van der Waals surface area contributed by atoms with Gasteiger partial charge in [-0.05, 0) is 13.8 Å². The molecule has 0 saturated heterocycles. The van der Waals surface area contributed by atoms with Crippen molar-refractivity contribution in [3.8, 4) is 0 Å². The molecule has 0 N–H and O–H groups in total. The van der Waals surface area contributed by atoms with E-state index >= 15 is 0 Å². The Morgan fingerprint density at radius 1 is 0.688 bits per heavy atom. The molecular weight excluding hydrogens is 192 g/mol. The Morgan fingerprint density at radius 3 is 1.31 bits per heavy atom. The molecule has 0 fully saturated rings. The lowest BCUT2D eigenvalue weighted by Gasteiger charge is -2.06. The molecule has 0 unspecified atom stereocenters. The van der Waals surface area contributed by atoms with Crippen LogP contribution in [0.4, 0.5) is 0 Å². The average molecular weight is 210 g/mol. The standard InChI is InChI=1S/C16H18/c1-13(11-15-7-3-4-8-15)14(2)12-16-9-5-6-10-16/h3-12,15-16H,1-2H3. The van der Waals surface area contributed by atoms with Gasteiger partial charge in [-0.1, -0.05) is 71.9 Å². The van der Waals surface area contributed by atoms with E-state index in [1.165, 1.54) is 11.1 Å². The molecule has 0 aromatic carbocycles. The summed E-state index contributed by atoms with van der Waals surface area (Å²) in [7, 11) is 0. The van der Waals surface area contributed by atoms with Gasteiger partial charge < -0.3 is 0 Å². The molecule has 0 bridgehead atoms. The maximum absolute atomic E-state index is 2.31. The van der Waals surface area contributed by atoms with Crippen molar-refractivity contribution >= 4 is 0 Å². The van der Waals surface area contributed by atoms with Crippen molar-refractivity contribution in [2.75, 3.05) is 0 Å². The van der Waals surface area contributed by atoms with Crippen LogP contribution in [0.1, 0.15) is 13.8 Å². The zero-order valence-corrected chi connectivity index (χ0v) is 9.93. The van der Waals surface area contributed by atoms with E-state index in [2.05, 4.69) is 74.6 Å². The lowest BCUT2D eigenvalue weighted by molar-refractivity contribution is 1.04. The van der Waals surface area contributed by atoms with E-state index in [1.54, 1.807) is 0 Å². The van der Waals surface area contributed by atoms with Crippen molar-refractivity contribution < 1.29 is 0 Å². The summed E-state index contributed by atoms with van der Waals surface area (Å²) in [5.74, 6) is 0.969. The minimum Gasteiger partial charge on any atom is -0.0738 e. The minimum absolute atomic E-state index is 0.484. The number of hydrogen-bond donors (Lipinski definition) is 0. The van der Waals surface area contributed by atoms with E-state index in [9.17, 15) is 0 Å². The van der Waals surface area contributed by atoms with Gasteiger partial charge in [0.2, 0.25) is 0 Å². The third-order valence-electron chi connectivity index (χ3n) is 3.06. The van der Waals surface area contributed by atoms with Crippen molar-refractivity contribution in [1.29, 1.82) is 0 Å². The van der Waals surface area contributed by atoms with Crippen LogP contribution in [0, 0.1) is 11.8 Å². The molecule has 82 valence electrons. The predicted octanol–water partition coefficient (Wildman–Crippen LogP) is 4.36. The summed E-state index contributed by atoms with van der Waals surface area (Å²) in [6.45, 7) is 4.38. The van der Waals surface area contributed by atoms with Crippen LogP contribution in [0.5, 0.6) is 0 Å². The Bertz CT molecular complexity index is 359. The smallest absolute Gasteiger partial charge is 0.0139 e. The van der Waals surface area contributed by atoms with E-state index in [-0.39, 0.29) is 0 Å². The van der Waals surface area contributed by atoms with Crippen LogP contribution in [0.2, 0.25) is 0 Å². The van der Waals surface area contributed by atoms with Gasteiger partial charge in [0, 0.05) is 11.8 Å². The molecular formula is C16H18. The van der Waals surface area contributed by atoms with Gasteiger partial charge in [-0.25, -0.2) is 0 Å². The molecule has 0 saturated carbocycles. The van der Waals surface area contributed by atoms with Gasteiger partial charge in [0.25, 0.3) is 0 Å². The van der Waals surface area contributed by atoms with Crippen molar-refractivity contribution in [3.05, 3.63) is 71.9 Å². The molecule has 2 aliphatic carbocycles. The summed E-state index contributed by atoms with van der Waals surface area (Å²) in [6.07, 6.45) is 21.9. The molecule has 16 heavy (non-hydrogen) atoms. The highest BCUT2D eigenvalue weighted by Gasteiger charge is 2.04. The monoisotopic (exact) mass is 210 g/mol. The van der Waals surface area contributed by atoms with Gasteiger partial charge in [-0.2, -0.15) is 0 Å². The summed E-state index contributed by atoms with van der Waals surface area (Å²) in [5, 5.41) is 0. The quantitative estimate of drug-likeness (QED) is 0.607. The van der Waals surface area contributed by atoms with Crippen LogP contribution in [-0.2, 0) is 0 Å². The number of hydrogen-bond acceptors (Lipinski definition) is 0. The normalized spacial score (nSPS) is 21.6. The molecule has 0 nitrogen and oxygen atoms in total. The van der Waals surface area contributed by atoms with Crippen molar-refractivity contribution in [2.45, 2.75) is 13.8 Å². The molecule has 0 heteroatoms. The topological polar surface area (TPSA) is 0 Å². The Balaban J connectivity index is 2.05.